The van der Waals surface area contributed by atoms with Gasteiger partial charge in [-0.05, 0) is 23.6 Å². The van der Waals surface area contributed by atoms with Crippen molar-refractivity contribution >= 4 is 31.7 Å². The summed E-state index contributed by atoms with van der Waals surface area (Å²) < 4.78 is 23.1. The highest BCUT2D eigenvalue weighted by molar-refractivity contribution is 9.10. The fourth-order valence-electron chi connectivity index (χ4n) is 1.98. The maximum absolute atomic E-state index is 12.2. The number of nitrogens with one attached hydrogen (secondary N) is 1. The quantitative estimate of drug-likeness (QED) is 0.845. The molecule has 1 aromatic carbocycles. The average molecular weight is 362 g/mol. The molecule has 1 atom stereocenters. The highest BCUT2D eigenvalue weighted by atomic mass is 79.9. The van der Waals surface area contributed by atoms with E-state index >= 15 is 0 Å². The van der Waals surface area contributed by atoms with Crippen LogP contribution in [-0.4, -0.2) is 32.9 Å². The summed E-state index contributed by atoms with van der Waals surface area (Å²) in [7, 11) is -3.06. The lowest BCUT2D eigenvalue weighted by atomic mass is 9.88. The number of sulfone groups is 1. The number of amides is 1. The lowest BCUT2D eigenvalue weighted by Gasteiger charge is -2.20. The summed E-state index contributed by atoms with van der Waals surface area (Å²) in [4.78, 5) is 12.2. The highest BCUT2D eigenvalue weighted by Gasteiger charge is 2.23. The van der Waals surface area contributed by atoms with Crippen LogP contribution < -0.4 is 5.32 Å². The molecule has 1 aromatic rings. The van der Waals surface area contributed by atoms with Crippen LogP contribution in [0.5, 0.6) is 0 Å². The highest BCUT2D eigenvalue weighted by Crippen LogP contribution is 2.26. The molecule has 0 bridgehead atoms. The van der Waals surface area contributed by atoms with E-state index in [-0.39, 0.29) is 30.0 Å². The molecule has 4 nitrogen and oxygen atoms in total. The lowest BCUT2D eigenvalue weighted by Crippen LogP contribution is -2.35. The van der Waals surface area contributed by atoms with Crippen molar-refractivity contribution < 1.29 is 13.2 Å². The molecule has 0 aromatic heterocycles. The normalized spacial score (nSPS) is 13.2. The van der Waals surface area contributed by atoms with E-state index in [4.69, 9.17) is 0 Å². The molecule has 0 aliphatic heterocycles. The van der Waals surface area contributed by atoms with Crippen LogP contribution in [-0.2, 0) is 14.6 Å². The zero-order chi connectivity index (χ0) is 15.3. The van der Waals surface area contributed by atoms with Crippen LogP contribution in [0.3, 0.4) is 0 Å². The van der Waals surface area contributed by atoms with Crippen molar-refractivity contribution in [2.24, 2.45) is 5.92 Å². The van der Waals surface area contributed by atoms with E-state index in [1.807, 2.05) is 38.1 Å². The molecule has 0 heterocycles. The van der Waals surface area contributed by atoms with Crippen molar-refractivity contribution in [3.05, 3.63) is 34.3 Å². The topological polar surface area (TPSA) is 63.2 Å². The molecule has 0 fully saturated rings. The maximum atomic E-state index is 12.2. The van der Waals surface area contributed by atoms with Gasteiger partial charge >= 0.3 is 0 Å². The Morgan fingerprint density at radius 3 is 2.25 bits per heavy atom. The molecular formula is C14H20BrNO3S. The predicted molar refractivity (Wildman–Crippen MR) is 84.4 cm³/mol. The zero-order valence-electron chi connectivity index (χ0n) is 11.9. The van der Waals surface area contributed by atoms with Gasteiger partial charge in [-0.1, -0.05) is 41.9 Å². The van der Waals surface area contributed by atoms with Crippen LogP contribution >= 0.6 is 15.9 Å². The molecule has 0 saturated carbocycles. The Bertz CT molecular complexity index is 552. The van der Waals surface area contributed by atoms with E-state index in [0.29, 0.717) is 0 Å². The van der Waals surface area contributed by atoms with Crippen molar-refractivity contribution in [1.82, 2.24) is 5.32 Å². The third-order valence-electron chi connectivity index (χ3n) is 2.95. The summed E-state index contributed by atoms with van der Waals surface area (Å²) >= 11 is 3.37. The van der Waals surface area contributed by atoms with Gasteiger partial charge < -0.3 is 5.32 Å². The van der Waals surface area contributed by atoms with Gasteiger partial charge in [0.25, 0.3) is 0 Å². The van der Waals surface area contributed by atoms with E-state index in [1.54, 1.807) is 0 Å². The lowest BCUT2D eigenvalue weighted by molar-refractivity contribution is -0.123. The van der Waals surface area contributed by atoms with E-state index < -0.39 is 9.84 Å². The first-order chi connectivity index (χ1) is 9.20. The van der Waals surface area contributed by atoms with Gasteiger partial charge in [-0.3, -0.25) is 4.79 Å². The third-order valence-corrected chi connectivity index (χ3v) is 4.42. The van der Waals surface area contributed by atoms with Crippen LogP contribution in [0.25, 0.3) is 0 Å². The van der Waals surface area contributed by atoms with Crippen molar-refractivity contribution in [3.63, 3.8) is 0 Å². The Kier molecular flexibility index (Phi) is 6.20. The fraction of sp³-hybridized carbons (Fsp3) is 0.500. The van der Waals surface area contributed by atoms with E-state index in [2.05, 4.69) is 21.2 Å². The van der Waals surface area contributed by atoms with Crippen molar-refractivity contribution in [1.29, 1.82) is 0 Å². The monoisotopic (exact) mass is 361 g/mol. The second-order valence-corrected chi connectivity index (χ2v) is 8.37. The van der Waals surface area contributed by atoms with Gasteiger partial charge in [0.1, 0.15) is 9.84 Å². The van der Waals surface area contributed by atoms with Gasteiger partial charge in [-0.25, -0.2) is 8.42 Å². The second-order valence-electron chi connectivity index (χ2n) is 5.19. The fourth-order valence-corrected chi connectivity index (χ4v) is 2.72. The Balaban J connectivity index is 2.76. The summed E-state index contributed by atoms with van der Waals surface area (Å²) in [5.74, 6) is -0.313. The minimum Gasteiger partial charge on any atom is -0.355 e. The summed E-state index contributed by atoms with van der Waals surface area (Å²) in [6.45, 7) is 4.10. The molecule has 0 aliphatic carbocycles. The van der Waals surface area contributed by atoms with Crippen molar-refractivity contribution in [3.8, 4) is 0 Å². The van der Waals surface area contributed by atoms with Crippen LogP contribution in [0.2, 0.25) is 0 Å². The molecule has 0 saturated heterocycles. The molecule has 6 heteroatoms. The predicted octanol–water partition coefficient (Wildman–Crippen LogP) is 2.35. The SMILES string of the molecule is CC(C)C(C(=O)NCCS(C)(=O)=O)c1ccc(Br)cc1. The molecular weight excluding hydrogens is 342 g/mol. The van der Waals surface area contributed by atoms with Gasteiger partial charge in [0.05, 0.1) is 11.7 Å². The summed E-state index contributed by atoms with van der Waals surface area (Å²) in [5, 5.41) is 2.70. The molecule has 20 heavy (non-hydrogen) atoms. The number of carbonyl (C=O) groups is 1. The minimum absolute atomic E-state index is 0.0378. The van der Waals surface area contributed by atoms with Gasteiger partial charge in [-0.2, -0.15) is 0 Å². The number of carbonyl (C=O) groups excluding carboxylic acids is 1. The van der Waals surface area contributed by atoms with E-state index in [9.17, 15) is 13.2 Å². The number of benzene rings is 1. The van der Waals surface area contributed by atoms with E-state index in [1.165, 1.54) is 0 Å². The first-order valence-corrected chi connectivity index (χ1v) is 9.27. The number of halogens is 1. The Hall–Kier alpha value is -0.880. The van der Waals surface area contributed by atoms with E-state index in [0.717, 1.165) is 16.3 Å². The zero-order valence-corrected chi connectivity index (χ0v) is 14.3. The van der Waals surface area contributed by atoms with Crippen LogP contribution in [0.1, 0.15) is 25.3 Å². The second kappa shape index (κ2) is 7.22. The Morgan fingerprint density at radius 2 is 1.80 bits per heavy atom. The molecule has 0 aliphatic rings. The molecule has 1 amide bonds. The van der Waals surface area contributed by atoms with Gasteiger partial charge in [0.15, 0.2) is 0 Å². The number of rotatable bonds is 6. The van der Waals surface area contributed by atoms with Gasteiger partial charge in [0, 0.05) is 17.3 Å². The average Bonchev–Trinajstić information content (AvgIpc) is 2.30. The Morgan fingerprint density at radius 1 is 1.25 bits per heavy atom. The molecule has 112 valence electrons. The van der Waals surface area contributed by atoms with Crippen molar-refractivity contribution in [2.45, 2.75) is 19.8 Å². The number of hydrogen-bond donors (Lipinski definition) is 1. The Labute approximate surface area is 129 Å². The van der Waals surface area contributed by atoms with Crippen LogP contribution in [0, 0.1) is 5.92 Å². The summed E-state index contributed by atoms with van der Waals surface area (Å²) in [6.07, 6.45) is 1.16. The van der Waals surface area contributed by atoms with Crippen LogP contribution in [0.15, 0.2) is 28.7 Å². The first kappa shape index (κ1) is 17.2. The van der Waals surface area contributed by atoms with Gasteiger partial charge in [-0.15, -0.1) is 0 Å². The molecule has 1 rings (SSSR count). The molecule has 1 N–H and O–H groups in total. The summed E-state index contributed by atoms with van der Waals surface area (Å²) in [6, 6.07) is 7.61. The molecule has 0 spiro atoms. The van der Waals surface area contributed by atoms with Crippen molar-refractivity contribution in [2.75, 3.05) is 18.6 Å². The standard InChI is InChI=1S/C14H20BrNO3S/c1-10(2)13(11-4-6-12(15)7-5-11)14(17)16-8-9-20(3,18)19/h4-7,10,13H,8-9H2,1-3H3,(H,16,17). The van der Waals surface area contributed by atoms with Crippen LogP contribution in [0.4, 0.5) is 0 Å². The smallest absolute Gasteiger partial charge is 0.227 e. The largest absolute Gasteiger partial charge is 0.355 e. The third kappa shape index (κ3) is 5.63. The molecule has 1 unspecified atom stereocenters. The maximum Gasteiger partial charge on any atom is 0.227 e. The first-order valence-electron chi connectivity index (χ1n) is 6.41. The summed E-state index contributed by atoms with van der Waals surface area (Å²) in [5.41, 5.74) is 0.931. The van der Waals surface area contributed by atoms with Gasteiger partial charge in [0.2, 0.25) is 5.91 Å². The molecule has 0 radical (unpaired) electrons. The minimum atomic E-state index is -3.06. The number of hydrogen-bond acceptors (Lipinski definition) is 3.